The zero-order valence-electron chi connectivity index (χ0n) is 16.4. The lowest BCUT2D eigenvalue weighted by Crippen LogP contribution is -2.32. The molecule has 4 rings (SSSR count). The molecule has 0 aliphatic heterocycles. The van der Waals surface area contributed by atoms with Crippen molar-refractivity contribution in [1.82, 2.24) is 10.3 Å². The summed E-state index contributed by atoms with van der Waals surface area (Å²) in [5.74, 6) is 0.602. The summed E-state index contributed by atoms with van der Waals surface area (Å²) in [6, 6.07) is 12.5. The SMILES string of the molecule is Cc1cc2sc(NC(=S)NC(=O)C=Cc3ccc(-c4cccc(Cl)c4Cl)o3)nc2cc1Cl. The lowest BCUT2D eigenvalue weighted by molar-refractivity contribution is -0.115. The van der Waals surface area contributed by atoms with Gasteiger partial charge in [-0.3, -0.25) is 10.1 Å². The smallest absolute Gasteiger partial charge is 0.250 e. The van der Waals surface area contributed by atoms with E-state index >= 15 is 0 Å². The van der Waals surface area contributed by atoms with Gasteiger partial charge in [0.15, 0.2) is 10.2 Å². The molecule has 0 bridgehead atoms. The maximum atomic E-state index is 12.2. The fourth-order valence-corrected chi connectivity index (χ4v) is 4.59. The quantitative estimate of drug-likeness (QED) is 0.217. The van der Waals surface area contributed by atoms with Crippen LogP contribution in [0.3, 0.4) is 0 Å². The van der Waals surface area contributed by atoms with Crippen LogP contribution < -0.4 is 10.6 Å². The number of hydrogen-bond acceptors (Lipinski definition) is 5. The number of amides is 1. The lowest BCUT2D eigenvalue weighted by Gasteiger charge is -2.04. The first-order chi connectivity index (χ1) is 15.3. The number of nitrogens with one attached hydrogen (secondary N) is 2. The van der Waals surface area contributed by atoms with Crippen molar-refractivity contribution >= 4 is 90.8 Å². The van der Waals surface area contributed by atoms with Gasteiger partial charge >= 0.3 is 0 Å². The van der Waals surface area contributed by atoms with Gasteiger partial charge in [0.25, 0.3) is 0 Å². The molecule has 10 heteroatoms. The van der Waals surface area contributed by atoms with Gasteiger partial charge in [-0.1, -0.05) is 52.2 Å². The van der Waals surface area contributed by atoms with Crippen molar-refractivity contribution in [2.24, 2.45) is 0 Å². The van der Waals surface area contributed by atoms with Crippen molar-refractivity contribution < 1.29 is 9.21 Å². The number of nitrogens with zero attached hydrogens (tertiary/aromatic N) is 1. The minimum Gasteiger partial charge on any atom is -0.457 e. The first kappa shape index (κ1) is 22.8. The molecule has 162 valence electrons. The minimum absolute atomic E-state index is 0.132. The first-order valence-electron chi connectivity index (χ1n) is 9.21. The first-order valence-corrected chi connectivity index (χ1v) is 11.6. The number of aryl methyl sites for hydroxylation is 1. The molecule has 1 amide bonds. The Morgan fingerprint density at radius 3 is 2.78 bits per heavy atom. The largest absolute Gasteiger partial charge is 0.457 e. The highest BCUT2D eigenvalue weighted by Crippen LogP contribution is 2.34. The number of thiocarbonyl (C=S) groups is 1. The van der Waals surface area contributed by atoms with E-state index in [2.05, 4.69) is 15.6 Å². The summed E-state index contributed by atoms with van der Waals surface area (Å²) >= 11 is 25.0. The van der Waals surface area contributed by atoms with Crippen LogP contribution in [0.5, 0.6) is 0 Å². The molecule has 0 unspecified atom stereocenters. The van der Waals surface area contributed by atoms with Gasteiger partial charge in [-0.2, -0.15) is 0 Å². The third-order valence-corrected chi connectivity index (χ3v) is 6.73. The van der Waals surface area contributed by atoms with Crippen LogP contribution in [-0.2, 0) is 4.79 Å². The second kappa shape index (κ2) is 9.60. The standard InChI is InChI=1S/C22H14Cl3N3O2S2/c1-11-9-18-16(10-15(11)24)26-22(32-18)28-21(31)27-19(29)8-6-12-5-7-17(30-12)13-3-2-4-14(23)20(13)25/h2-10H,1H3,(H2,26,27,28,29,31). The van der Waals surface area contributed by atoms with E-state index < -0.39 is 5.91 Å². The van der Waals surface area contributed by atoms with E-state index in [1.54, 1.807) is 36.4 Å². The lowest BCUT2D eigenvalue weighted by atomic mass is 10.2. The van der Waals surface area contributed by atoms with Crippen molar-refractivity contribution in [3.8, 4) is 11.3 Å². The maximum absolute atomic E-state index is 12.2. The van der Waals surface area contributed by atoms with E-state index in [1.165, 1.54) is 23.5 Å². The van der Waals surface area contributed by atoms with Crippen molar-refractivity contribution in [3.05, 3.63) is 74.9 Å². The molecule has 0 radical (unpaired) electrons. The Morgan fingerprint density at radius 2 is 1.97 bits per heavy atom. The second-order valence-corrected chi connectivity index (χ2v) is 9.30. The summed E-state index contributed by atoms with van der Waals surface area (Å²) in [5.41, 5.74) is 2.39. The molecule has 0 aliphatic carbocycles. The fourth-order valence-electron chi connectivity index (χ4n) is 2.82. The molecule has 2 aromatic carbocycles. The predicted molar refractivity (Wildman–Crippen MR) is 137 cm³/mol. The van der Waals surface area contributed by atoms with Crippen molar-refractivity contribution in [2.45, 2.75) is 6.92 Å². The van der Waals surface area contributed by atoms with Crippen LogP contribution in [0.4, 0.5) is 5.13 Å². The topological polar surface area (TPSA) is 67.2 Å². The molecule has 2 heterocycles. The molecule has 4 aromatic rings. The van der Waals surface area contributed by atoms with E-state index in [-0.39, 0.29) is 5.11 Å². The maximum Gasteiger partial charge on any atom is 0.250 e. The van der Waals surface area contributed by atoms with Gasteiger partial charge in [0.05, 0.1) is 20.3 Å². The summed E-state index contributed by atoms with van der Waals surface area (Å²) < 4.78 is 6.70. The Morgan fingerprint density at radius 1 is 1.16 bits per heavy atom. The van der Waals surface area contributed by atoms with Crippen LogP contribution in [0.1, 0.15) is 11.3 Å². The normalized spacial score (nSPS) is 11.2. The fraction of sp³-hybridized carbons (Fsp3) is 0.0455. The van der Waals surface area contributed by atoms with Crippen LogP contribution in [0, 0.1) is 6.92 Å². The van der Waals surface area contributed by atoms with Gasteiger partial charge in [0.2, 0.25) is 5.91 Å². The molecule has 0 atom stereocenters. The molecule has 2 aromatic heterocycles. The summed E-state index contributed by atoms with van der Waals surface area (Å²) in [5, 5.41) is 7.67. The molecular weight excluding hydrogens is 509 g/mol. The molecular formula is C22H14Cl3N3O2S2. The van der Waals surface area contributed by atoms with E-state index in [1.807, 2.05) is 13.0 Å². The number of carbonyl (C=O) groups excluding carboxylic acids is 1. The number of thiazole rings is 1. The molecule has 5 nitrogen and oxygen atoms in total. The number of furan rings is 1. The summed E-state index contributed by atoms with van der Waals surface area (Å²) in [4.78, 5) is 16.6. The Labute approximate surface area is 208 Å². The van der Waals surface area contributed by atoms with E-state index in [4.69, 9.17) is 51.4 Å². The highest BCUT2D eigenvalue weighted by molar-refractivity contribution is 7.80. The van der Waals surface area contributed by atoms with Crippen LogP contribution in [0.2, 0.25) is 15.1 Å². The Kier molecular flexibility index (Phi) is 6.83. The molecule has 0 saturated heterocycles. The molecule has 2 N–H and O–H groups in total. The summed E-state index contributed by atoms with van der Waals surface area (Å²) in [6.45, 7) is 1.93. The van der Waals surface area contributed by atoms with Crippen molar-refractivity contribution in [2.75, 3.05) is 5.32 Å². The van der Waals surface area contributed by atoms with E-state index in [0.29, 0.717) is 37.3 Å². The van der Waals surface area contributed by atoms with Gasteiger partial charge in [-0.05, 0) is 67.2 Å². The third-order valence-electron chi connectivity index (χ3n) is 4.37. The summed E-state index contributed by atoms with van der Waals surface area (Å²) in [7, 11) is 0. The van der Waals surface area contributed by atoms with Crippen LogP contribution in [0.15, 0.2) is 53.0 Å². The van der Waals surface area contributed by atoms with E-state index in [0.717, 1.165) is 15.8 Å². The second-order valence-electron chi connectivity index (χ2n) is 6.67. The average molecular weight is 523 g/mol. The predicted octanol–water partition coefficient (Wildman–Crippen LogP) is 7.35. The van der Waals surface area contributed by atoms with Gasteiger partial charge in [0.1, 0.15) is 11.5 Å². The van der Waals surface area contributed by atoms with E-state index in [9.17, 15) is 4.79 Å². The molecule has 32 heavy (non-hydrogen) atoms. The zero-order valence-corrected chi connectivity index (χ0v) is 20.3. The molecule has 0 spiro atoms. The molecule has 0 fully saturated rings. The number of aromatic nitrogens is 1. The Balaban J connectivity index is 1.38. The highest BCUT2D eigenvalue weighted by atomic mass is 35.5. The number of fused-ring (bicyclic) bond motifs is 1. The minimum atomic E-state index is -0.416. The zero-order chi connectivity index (χ0) is 22.8. The summed E-state index contributed by atoms with van der Waals surface area (Å²) in [6.07, 6.45) is 2.85. The number of anilines is 1. The van der Waals surface area contributed by atoms with Crippen LogP contribution in [-0.4, -0.2) is 16.0 Å². The highest BCUT2D eigenvalue weighted by Gasteiger charge is 2.11. The third kappa shape index (κ3) is 5.14. The van der Waals surface area contributed by atoms with Gasteiger partial charge in [0, 0.05) is 16.7 Å². The number of benzene rings is 2. The molecule has 0 aliphatic rings. The van der Waals surface area contributed by atoms with Gasteiger partial charge in [-0.15, -0.1) is 0 Å². The molecule has 0 saturated carbocycles. The monoisotopic (exact) mass is 521 g/mol. The number of rotatable bonds is 4. The van der Waals surface area contributed by atoms with Gasteiger partial charge < -0.3 is 9.73 Å². The Hall–Kier alpha value is -2.42. The number of hydrogen-bond donors (Lipinski definition) is 2. The van der Waals surface area contributed by atoms with Crippen LogP contribution >= 0.6 is 58.4 Å². The van der Waals surface area contributed by atoms with Gasteiger partial charge in [-0.25, -0.2) is 4.98 Å². The van der Waals surface area contributed by atoms with Crippen molar-refractivity contribution in [3.63, 3.8) is 0 Å². The van der Waals surface area contributed by atoms with Crippen molar-refractivity contribution in [1.29, 1.82) is 0 Å². The number of halogens is 3. The average Bonchev–Trinajstić information content (AvgIpc) is 3.35. The Bertz CT molecular complexity index is 1340. The number of carbonyl (C=O) groups is 1. The van der Waals surface area contributed by atoms with Crippen LogP contribution in [0.25, 0.3) is 27.6 Å².